The van der Waals surface area contributed by atoms with Gasteiger partial charge in [0.1, 0.15) is 30.4 Å². The minimum Gasteiger partial charge on any atom is -0.491 e. The van der Waals surface area contributed by atoms with Gasteiger partial charge in [-0.1, -0.05) is 18.2 Å². The number of hydrogen-bond donors (Lipinski definition) is 1. The Bertz CT molecular complexity index is 1170. The first-order chi connectivity index (χ1) is 16.7. The van der Waals surface area contributed by atoms with Crippen LogP contribution < -0.4 is 9.47 Å². The second-order valence-corrected chi connectivity index (χ2v) is 8.29. The largest absolute Gasteiger partial charge is 0.491 e. The van der Waals surface area contributed by atoms with Crippen LogP contribution in [0.15, 0.2) is 83.7 Å². The molecule has 0 bridgehead atoms. The van der Waals surface area contributed by atoms with E-state index in [0.717, 1.165) is 38.5 Å². The van der Waals surface area contributed by atoms with E-state index in [1.165, 1.54) is 0 Å². The van der Waals surface area contributed by atoms with E-state index < -0.39 is 0 Å². The van der Waals surface area contributed by atoms with Crippen LogP contribution >= 0.6 is 15.9 Å². The summed E-state index contributed by atoms with van der Waals surface area (Å²) < 4.78 is 20.0. The SMILES string of the molecule is OCCCOCCOc1ccccc1COc1ccc(-n2cc(Br)c(-c3ccncc3)n2)cc1. The summed E-state index contributed by atoms with van der Waals surface area (Å²) in [6, 6.07) is 19.5. The number of hydrogen-bond acceptors (Lipinski definition) is 6. The Kier molecular flexibility index (Phi) is 8.67. The predicted molar refractivity (Wildman–Crippen MR) is 133 cm³/mol. The molecule has 0 radical (unpaired) electrons. The summed E-state index contributed by atoms with van der Waals surface area (Å²) in [6.45, 7) is 1.97. The molecule has 4 rings (SSSR count). The van der Waals surface area contributed by atoms with Crippen molar-refractivity contribution in [1.29, 1.82) is 0 Å². The molecule has 0 amide bonds. The van der Waals surface area contributed by atoms with Crippen LogP contribution in [0.25, 0.3) is 16.9 Å². The lowest BCUT2D eigenvalue weighted by atomic mass is 10.2. The van der Waals surface area contributed by atoms with Gasteiger partial charge in [0.2, 0.25) is 0 Å². The van der Waals surface area contributed by atoms with E-state index in [4.69, 9.17) is 24.4 Å². The van der Waals surface area contributed by atoms with Gasteiger partial charge >= 0.3 is 0 Å². The normalized spacial score (nSPS) is 10.9. The lowest BCUT2D eigenvalue weighted by Crippen LogP contribution is -2.09. The number of aromatic nitrogens is 3. The maximum atomic E-state index is 8.79. The molecule has 0 saturated heterocycles. The molecular formula is C26H26BrN3O4. The van der Waals surface area contributed by atoms with E-state index in [9.17, 15) is 0 Å². The third-order valence-corrected chi connectivity index (χ3v) is 5.60. The highest BCUT2D eigenvalue weighted by Crippen LogP contribution is 2.28. The Hall–Kier alpha value is -3.20. The zero-order chi connectivity index (χ0) is 23.6. The van der Waals surface area contributed by atoms with Crippen molar-refractivity contribution in [2.24, 2.45) is 0 Å². The van der Waals surface area contributed by atoms with Crippen LogP contribution in [0.5, 0.6) is 11.5 Å². The van der Waals surface area contributed by atoms with Gasteiger partial charge in [-0.3, -0.25) is 4.98 Å². The molecule has 0 unspecified atom stereocenters. The van der Waals surface area contributed by atoms with Gasteiger partial charge in [0, 0.05) is 42.9 Å². The first-order valence-corrected chi connectivity index (χ1v) is 11.8. The molecular weight excluding hydrogens is 498 g/mol. The number of aliphatic hydroxyl groups is 1. The summed E-state index contributed by atoms with van der Waals surface area (Å²) in [4.78, 5) is 4.06. The summed E-state index contributed by atoms with van der Waals surface area (Å²) >= 11 is 3.60. The van der Waals surface area contributed by atoms with E-state index in [1.54, 1.807) is 12.4 Å². The minimum atomic E-state index is 0.133. The van der Waals surface area contributed by atoms with Gasteiger partial charge in [0.15, 0.2) is 0 Å². The Morgan fingerprint density at radius 3 is 2.47 bits per heavy atom. The molecule has 0 fully saturated rings. The maximum Gasteiger partial charge on any atom is 0.126 e. The van der Waals surface area contributed by atoms with Crippen LogP contribution in [-0.2, 0) is 11.3 Å². The van der Waals surface area contributed by atoms with E-state index in [-0.39, 0.29) is 6.61 Å². The molecule has 176 valence electrons. The van der Waals surface area contributed by atoms with Gasteiger partial charge in [0.25, 0.3) is 0 Å². The quantitative estimate of drug-likeness (QED) is 0.261. The van der Waals surface area contributed by atoms with Gasteiger partial charge in [-0.25, -0.2) is 4.68 Å². The van der Waals surface area contributed by atoms with Gasteiger partial charge in [-0.2, -0.15) is 5.10 Å². The lowest BCUT2D eigenvalue weighted by molar-refractivity contribution is 0.0877. The van der Waals surface area contributed by atoms with Crippen molar-refractivity contribution < 1.29 is 19.3 Å². The molecule has 2 heterocycles. The van der Waals surface area contributed by atoms with Crippen molar-refractivity contribution in [3.8, 4) is 28.4 Å². The van der Waals surface area contributed by atoms with Crippen LogP contribution in [0.1, 0.15) is 12.0 Å². The molecule has 4 aromatic rings. The van der Waals surface area contributed by atoms with Crippen LogP contribution in [0.3, 0.4) is 0 Å². The number of pyridine rings is 1. The van der Waals surface area contributed by atoms with Crippen LogP contribution in [-0.4, -0.2) is 46.3 Å². The zero-order valence-electron chi connectivity index (χ0n) is 18.6. The number of halogens is 1. The van der Waals surface area contributed by atoms with Gasteiger partial charge in [-0.05, 0) is 64.8 Å². The Labute approximate surface area is 207 Å². The molecule has 8 heteroatoms. The van der Waals surface area contributed by atoms with Gasteiger partial charge in [0.05, 0.1) is 16.8 Å². The van der Waals surface area contributed by atoms with Gasteiger partial charge in [-0.15, -0.1) is 0 Å². The average Bonchev–Trinajstić information content (AvgIpc) is 3.28. The van der Waals surface area contributed by atoms with Crippen molar-refractivity contribution in [3.05, 3.63) is 89.3 Å². The highest BCUT2D eigenvalue weighted by Gasteiger charge is 2.10. The molecule has 0 aliphatic carbocycles. The topological polar surface area (TPSA) is 78.6 Å². The number of para-hydroxylation sites is 1. The van der Waals surface area contributed by atoms with E-state index >= 15 is 0 Å². The predicted octanol–water partition coefficient (Wildman–Crippen LogP) is 5.05. The summed E-state index contributed by atoms with van der Waals surface area (Å²) in [5, 5.41) is 13.5. The molecule has 2 aromatic heterocycles. The molecule has 7 nitrogen and oxygen atoms in total. The highest BCUT2D eigenvalue weighted by atomic mass is 79.9. The fourth-order valence-corrected chi connectivity index (χ4v) is 3.79. The van der Waals surface area contributed by atoms with Crippen molar-refractivity contribution >= 4 is 15.9 Å². The second kappa shape index (κ2) is 12.3. The third kappa shape index (κ3) is 6.44. The van der Waals surface area contributed by atoms with Crippen molar-refractivity contribution in [2.45, 2.75) is 13.0 Å². The average molecular weight is 524 g/mol. The second-order valence-electron chi connectivity index (χ2n) is 7.43. The highest BCUT2D eigenvalue weighted by molar-refractivity contribution is 9.10. The van der Waals surface area contributed by atoms with Crippen LogP contribution in [0, 0.1) is 0 Å². The molecule has 0 atom stereocenters. The van der Waals surface area contributed by atoms with E-state index in [0.29, 0.717) is 32.8 Å². The van der Waals surface area contributed by atoms with Crippen molar-refractivity contribution in [1.82, 2.24) is 14.8 Å². The zero-order valence-corrected chi connectivity index (χ0v) is 20.2. The van der Waals surface area contributed by atoms with Gasteiger partial charge < -0.3 is 19.3 Å². The number of aliphatic hydroxyl groups excluding tert-OH is 1. The first kappa shape index (κ1) is 23.9. The molecule has 1 N–H and O–H groups in total. The molecule has 0 spiro atoms. The summed E-state index contributed by atoms with van der Waals surface area (Å²) in [5.41, 5.74) is 3.74. The van der Waals surface area contributed by atoms with E-state index in [2.05, 4.69) is 20.9 Å². The Balaban J connectivity index is 1.35. The Morgan fingerprint density at radius 1 is 0.882 bits per heavy atom. The number of benzene rings is 2. The van der Waals surface area contributed by atoms with Crippen molar-refractivity contribution in [3.63, 3.8) is 0 Å². The lowest BCUT2D eigenvalue weighted by Gasteiger charge is -2.13. The molecule has 34 heavy (non-hydrogen) atoms. The standard InChI is InChI=1S/C26H26BrN3O4/c27-24-18-30(29-26(24)20-10-12-28-13-11-20)22-6-8-23(9-7-22)34-19-21-4-1-2-5-25(21)33-17-16-32-15-3-14-31/h1-2,4-13,18,31H,3,14-17,19H2. The van der Waals surface area contributed by atoms with E-state index in [1.807, 2.05) is 71.5 Å². The molecule has 0 saturated carbocycles. The maximum absolute atomic E-state index is 8.79. The Morgan fingerprint density at radius 2 is 1.68 bits per heavy atom. The molecule has 0 aliphatic heterocycles. The monoisotopic (exact) mass is 523 g/mol. The van der Waals surface area contributed by atoms with Crippen LogP contribution in [0.4, 0.5) is 0 Å². The number of ether oxygens (including phenoxy) is 3. The fraction of sp³-hybridized carbons (Fsp3) is 0.231. The first-order valence-electron chi connectivity index (χ1n) is 11.0. The number of rotatable bonds is 12. The summed E-state index contributed by atoms with van der Waals surface area (Å²) in [5.74, 6) is 1.53. The van der Waals surface area contributed by atoms with Crippen molar-refractivity contribution in [2.75, 3.05) is 26.4 Å². The third-order valence-electron chi connectivity index (χ3n) is 5.02. The number of nitrogens with zero attached hydrogens (tertiary/aromatic N) is 3. The molecule has 2 aromatic carbocycles. The minimum absolute atomic E-state index is 0.133. The summed E-state index contributed by atoms with van der Waals surface area (Å²) in [6.07, 6.45) is 6.08. The van der Waals surface area contributed by atoms with Crippen LogP contribution in [0.2, 0.25) is 0 Å². The molecule has 0 aliphatic rings. The smallest absolute Gasteiger partial charge is 0.126 e. The summed E-state index contributed by atoms with van der Waals surface area (Å²) in [7, 11) is 0. The fourth-order valence-electron chi connectivity index (χ4n) is 3.29.